The molecule has 86 valence electrons. The van der Waals surface area contributed by atoms with Crippen LogP contribution in [-0.4, -0.2) is 30.0 Å². The second-order valence-corrected chi connectivity index (χ2v) is 3.34. The zero-order valence-electron chi connectivity index (χ0n) is 9.51. The van der Waals surface area contributed by atoms with E-state index in [1.807, 2.05) is 13.8 Å². The van der Waals surface area contributed by atoms with E-state index in [0.29, 0.717) is 31.8 Å². The fraction of sp³-hybridized carbons (Fsp3) is 0.700. The average Bonchev–Trinajstić information content (AvgIpc) is 2.50. The van der Waals surface area contributed by atoms with Crippen LogP contribution in [0.15, 0.2) is 0 Å². The quantitative estimate of drug-likeness (QED) is 0.722. The lowest BCUT2D eigenvalue weighted by Crippen LogP contribution is -2.19. The number of halogens is 1. The van der Waals surface area contributed by atoms with Crippen molar-refractivity contribution in [1.29, 1.82) is 0 Å². The van der Waals surface area contributed by atoms with E-state index in [1.54, 1.807) is 7.11 Å². The van der Waals surface area contributed by atoms with Gasteiger partial charge in [0.2, 0.25) is 5.95 Å². The first-order valence-corrected chi connectivity index (χ1v) is 5.12. The fourth-order valence-corrected chi connectivity index (χ4v) is 1.39. The highest BCUT2D eigenvalue weighted by atomic mass is 19.1. The van der Waals surface area contributed by atoms with Gasteiger partial charge in [0.15, 0.2) is 0 Å². The maximum Gasteiger partial charge on any atom is 0.216 e. The number of methoxy groups -OCH3 is 1. The summed E-state index contributed by atoms with van der Waals surface area (Å²) in [4.78, 5) is 0. The van der Waals surface area contributed by atoms with Gasteiger partial charge in [-0.1, -0.05) is 0 Å². The van der Waals surface area contributed by atoms with Crippen LogP contribution >= 0.6 is 0 Å². The van der Waals surface area contributed by atoms with Gasteiger partial charge >= 0.3 is 0 Å². The van der Waals surface area contributed by atoms with Gasteiger partial charge in [0.05, 0.1) is 12.3 Å². The number of nitrogens with zero attached hydrogens (tertiary/aromatic N) is 2. The van der Waals surface area contributed by atoms with Gasteiger partial charge in [-0.15, -0.1) is 0 Å². The Bertz CT molecular complexity index is 312. The molecule has 0 radical (unpaired) electrons. The summed E-state index contributed by atoms with van der Waals surface area (Å²) in [7, 11) is 1.64. The van der Waals surface area contributed by atoms with Crippen LogP contribution in [-0.2, 0) is 17.8 Å². The smallest absolute Gasteiger partial charge is 0.216 e. The van der Waals surface area contributed by atoms with E-state index < -0.39 is 0 Å². The van der Waals surface area contributed by atoms with Crippen LogP contribution in [0.3, 0.4) is 0 Å². The van der Waals surface area contributed by atoms with Crippen molar-refractivity contribution in [3.63, 3.8) is 0 Å². The Labute approximate surface area is 89.4 Å². The summed E-state index contributed by atoms with van der Waals surface area (Å²) in [5, 5.41) is 7.20. The van der Waals surface area contributed by atoms with E-state index in [-0.39, 0.29) is 5.95 Å². The second-order valence-electron chi connectivity index (χ2n) is 3.34. The van der Waals surface area contributed by atoms with Crippen LogP contribution in [0.2, 0.25) is 0 Å². The highest BCUT2D eigenvalue weighted by molar-refractivity contribution is 5.17. The van der Waals surface area contributed by atoms with Gasteiger partial charge in [-0.05, 0) is 13.8 Å². The molecule has 0 aliphatic heterocycles. The molecule has 0 aliphatic carbocycles. The molecule has 0 saturated heterocycles. The first-order valence-electron chi connectivity index (χ1n) is 5.12. The maximum atomic E-state index is 13.6. The van der Waals surface area contributed by atoms with Crippen molar-refractivity contribution in [1.82, 2.24) is 15.1 Å². The zero-order chi connectivity index (χ0) is 11.3. The van der Waals surface area contributed by atoms with Gasteiger partial charge in [-0.25, -0.2) is 4.68 Å². The Morgan fingerprint density at radius 2 is 2.27 bits per heavy atom. The van der Waals surface area contributed by atoms with Crippen molar-refractivity contribution in [2.45, 2.75) is 26.9 Å². The summed E-state index contributed by atoms with van der Waals surface area (Å²) in [5.74, 6) is -0.236. The molecule has 15 heavy (non-hydrogen) atoms. The van der Waals surface area contributed by atoms with Crippen LogP contribution in [0.1, 0.15) is 18.2 Å². The van der Waals surface area contributed by atoms with Gasteiger partial charge in [0.25, 0.3) is 0 Å². The first kappa shape index (κ1) is 12.1. The Kier molecular flexibility index (Phi) is 4.71. The van der Waals surface area contributed by atoms with Crippen molar-refractivity contribution < 1.29 is 9.13 Å². The molecule has 0 amide bonds. The summed E-state index contributed by atoms with van der Waals surface area (Å²) in [5.41, 5.74) is 1.40. The molecule has 0 unspecified atom stereocenters. The summed E-state index contributed by atoms with van der Waals surface area (Å²) < 4.78 is 19.9. The lowest BCUT2D eigenvalue weighted by Gasteiger charge is -2.03. The number of aromatic nitrogens is 2. The predicted molar refractivity (Wildman–Crippen MR) is 56.2 cm³/mol. The van der Waals surface area contributed by atoms with Crippen LogP contribution < -0.4 is 5.32 Å². The summed E-state index contributed by atoms with van der Waals surface area (Å²) in [6.45, 7) is 6.10. The number of nitrogens with one attached hydrogen (secondary N) is 1. The van der Waals surface area contributed by atoms with Crippen molar-refractivity contribution in [2.24, 2.45) is 0 Å². The van der Waals surface area contributed by atoms with Gasteiger partial charge in [-0.2, -0.15) is 9.49 Å². The fourth-order valence-electron chi connectivity index (χ4n) is 1.39. The summed E-state index contributed by atoms with van der Waals surface area (Å²) in [6, 6.07) is 0. The molecule has 1 N–H and O–H groups in total. The molecule has 1 heterocycles. The van der Waals surface area contributed by atoms with Gasteiger partial charge in [0.1, 0.15) is 0 Å². The molecule has 1 aromatic heterocycles. The number of aryl methyl sites for hydroxylation is 2. The third kappa shape index (κ3) is 3.00. The highest BCUT2D eigenvalue weighted by Gasteiger charge is 2.12. The van der Waals surface area contributed by atoms with Crippen molar-refractivity contribution in [2.75, 3.05) is 20.3 Å². The molecular weight excluding hydrogens is 197 g/mol. The van der Waals surface area contributed by atoms with E-state index in [4.69, 9.17) is 4.74 Å². The lowest BCUT2D eigenvalue weighted by molar-refractivity contribution is 0.199. The molecule has 0 saturated carbocycles. The van der Waals surface area contributed by atoms with E-state index in [9.17, 15) is 4.39 Å². The van der Waals surface area contributed by atoms with E-state index in [1.165, 1.54) is 4.68 Å². The number of ether oxygens (including phenoxy) is 1. The molecule has 4 nitrogen and oxygen atoms in total. The number of hydrogen-bond acceptors (Lipinski definition) is 3. The molecule has 0 aromatic carbocycles. The van der Waals surface area contributed by atoms with Crippen LogP contribution in [0.25, 0.3) is 0 Å². The van der Waals surface area contributed by atoms with Crippen molar-refractivity contribution >= 4 is 0 Å². The molecular formula is C10H18FN3O. The summed E-state index contributed by atoms with van der Waals surface area (Å²) in [6.07, 6.45) is 0. The van der Waals surface area contributed by atoms with Crippen LogP contribution in [0, 0.1) is 12.9 Å². The molecule has 0 spiro atoms. The zero-order valence-corrected chi connectivity index (χ0v) is 9.51. The second kappa shape index (κ2) is 5.82. The van der Waals surface area contributed by atoms with Crippen molar-refractivity contribution in [3.05, 3.63) is 17.2 Å². The van der Waals surface area contributed by atoms with E-state index in [0.717, 1.165) is 5.69 Å². The minimum atomic E-state index is -0.236. The topological polar surface area (TPSA) is 39.1 Å². The van der Waals surface area contributed by atoms with Gasteiger partial charge in [0, 0.05) is 32.3 Å². The predicted octanol–water partition coefficient (Wildman–Crippen LogP) is 1.09. The third-order valence-electron chi connectivity index (χ3n) is 2.27. The highest BCUT2D eigenvalue weighted by Crippen LogP contribution is 2.11. The monoisotopic (exact) mass is 215 g/mol. The van der Waals surface area contributed by atoms with E-state index in [2.05, 4.69) is 10.4 Å². The molecule has 0 atom stereocenters. The molecule has 5 heteroatoms. The summed E-state index contributed by atoms with van der Waals surface area (Å²) >= 11 is 0. The SMILES string of the molecule is CCn1nc(C)c(CNCCOC)c1F. The average molecular weight is 215 g/mol. The molecule has 0 aliphatic rings. The van der Waals surface area contributed by atoms with Gasteiger partial charge in [-0.3, -0.25) is 0 Å². The normalized spacial score (nSPS) is 10.9. The first-order chi connectivity index (χ1) is 7.20. The molecule has 1 aromatic rings. The minimum Gasteiger partial charge on any atom is -0.383 e. The largest absolute Gasteiger partial charge is 0.383 e. The van der Waals surface area contributed by atoms with Crippen LogP contribution in [0.4, 0.5) is 4.39 Å². The molecule has 0 bridgehead atoms. The Morgan fingerprint density at radius 3 is 2.80 bits per heavy atom. The standard InChI is InChI=1S/C10H18FN3O/c1-4-14-10(11)9(8(2)13-14)7-12-5-6-15-3/h12H,4-7H2,1-3H3. The number of hydrogen-bond donors (Lipinski definition) is 1. The molecule has 0 fully saturated rings. The van der Waals surface area contributed by atoms with Gasteiger partial charge < -0.3 is 10.1 Å². The number of rotatable bonds is 6. The maximum absolute atomic E-state index is 13.6. The van der Waals surface area contributed by atoms with Crippen molar-refractivity contribution in [3.8, 4) is 0 Å². The Hall–Kier alpha value is -0.940. The Morgan fingerprint density at radius 1 is 1.53 bits per heavy atom. The Balaban J connectivity index is 2.56. The third-order valence-corrected chi connectivity index (χ3v) is 2.27. The lowest BCUT2D eigenvalue weighted by atomic mass is 10.2. The van der Waals surface area contributed by atoms with Crippen LogP contribution in [0.5, 0.6) is 0 Å². The molecule has 1 rings (SSSR count). The minimum absolute atomic E-state index is 0.236. The van der Waals surface area contributed by atoms with E-state index >= 15 is 0 Å².